The molecule has 0 spiro atoms. The van der Waals surface area contributed by atoms with Gasteiger partial charge in [0.05, 0.1) is 0 Å². The largest absolute Gasteiger partial charge is 0.444 e. The number of fused-ring (bicyclic) bond motifs is 1. The molecule has 1 atom stereocenters. The Bertz CT molecular complexity index is 450. The zero-order valence-corrected chi connectivity index (χ0v) is 13.7. The smallest absolute Gasteiger partial charge is 0.407 e. The lowest BCUT2D eigenvalue weighted by atomic mass is 9.99. The van der Waals surface area contributed by atoms with E-state index >= 15 is 0 Å². The molecule has 1 aliphatic rings. The van der Waals surface area contributed by atoms with Gasteiger partial charge in [-0.05, 0) is 65.0 Å². The predicted molar refractivity (Wildman–Crippen MR) is 83.5 cm³/mol. The number of alkyl carbamates (subject to hydrolysis) is 1. The fourth-order valence-electron chi connectivity index (χ4n) is 2.51. The maximum atomic E-state index is 11.7. The van der Waals surface area contributed by atoms with Gasteiger partial charge in [-0.3, -0.25) is 0 Å². The number of amides is 1. The van der Waals surface area contributed by atoms with Crippen LogP contribution < -0.4 is 5.32 Å². The van der Waals surface area contributed by atoms with Gasteiger partial charge in [0, 0.05) is 22.2 Å². The lowest BCUT2D eigenvalue weighted by Gasteiger charge is -2.21. The van der Waals surface area contributed by atoms with Crippen LogP contribution in [0.4, 0.5) is 4.79 Å². The van der Waals surface area contributed by atoms with Crippen LogP contribution >= 0.6 is 11.3 Å². The van der Waals surface area contributed by atoms with Crippen molar-refractivity contribution in [2.24, 2.45) is 0 Å². The highest BCUT2D eigenvalue weighted by atomic mass is 32.1. The maximum Gasteiger partial charge on any atom is 0.407 e. The fraction of sp³-hybridized carbons (Fsp3) is 0.688. The normalized spacial score (nSPS) is 16.4. The first-order chi connectivity index (χ1) is 9.33. The maximum absolute atomic E-state index is 11.7. The molecule has 0 aliphatic heterocycles. The van der Waals surface area contributed by atoms with Gasteiger partial charge in [-0.25, -0.2) is 4.79 Å². The minimum Gasteiger partial charge on any atom is -0.444 e. The molecule has 1 heterocycles. The number of thiophene rings is 1. The molecule has 1 aromatic heterocycles. The highest BCUT2D eigenvalue weighted by molar-refractivity contribution is 7.12. The molecule has 3 nitrogen and oxygen atoms in total. The van der Waals surface area contributed by atoms with Gasteiger partial charge in [0.2, 0.25) is 0 Å². The van der Waals surface area contributed by atoms with E-state index in [1.54, 1.807) is 4.88 Å². The molecule has 0 radical (unpaired) electrons. The Hall–Kier alpha value is -1.03. The lowest BCUT2D eigenvalue weighted by molar-refractivity contribution is 0.0509. The van der Waals surface area contributed by atoms with Gasteiger partial charge in [0.1, 0.15) is 5.60 Å². The number of aryl methyl sites for hydroxylation is 2. The average Bonchev–Trinajstić information content (AvgIpc) is 2.67. The van der Waals surface area contributed by atoms with Crippen LogP contribution in [-0.2, 0) is 24.0 Å². The van der Waals surface area contributed by atoms with Gasteiger partial charge in [0.15, 0.2) is 0 Å². The van der Waals surface area contributed by atoms with E-state index in [2.05, 4.69) is 11.4 Å². The first-order valence-electron chi connectivity index (χ1n) is 7.43. The summed E-state index contributed by atoms with van der Waals surface area (Å²) in [4.78, 5) is 14.7. The van der Waals surface area contributed by atoms with E-state index in [1.807, 2.05) is 39.0 Å². The highest BCUT2D eigenvalue weighted by Crippen LogP contribution is 2.30. The summed E-state index contributed by atoms with van der Waals surface area (Å²) in [5, 5.41) is 2.91. The summed E-state index contributed by atoms with van der Waals surface area (Å²) in [5.74, 6) is 0. The van der Waals surface area contributed by atoms with Crippen molar-refractivity contribution in [3.63, 3.8) is 0 Å². The summed E-state index contributed by atoms with van der Waals surface area (Å²) in [6.07, 6.45) is 5.64. The fourth-order valence-corrected chi connectivity index (χ4v) is 3.90. The number of rotatable bonds is 3. The molecular formula is C16H25NO2S. The van der Waals surface area contributed by atoms with Crippen molar-refractivity contribution >= 4 is 17.4 Å². The van der Waals surface area contributed by atoms with Crippen molar-refractivity contribution in [1.29, 1.82) is 0 Å². The SMILES string of the molecule is CC(Cc1cc2c(s1)CCCC2)NC(=O)OC(C)(C)C. The van der Waals surface area contributed by atoms with E-state index in [9.17, 15) is 4.79 Å². The molecule has 1 amide bonds. The molecule has 0 aromatic carbocycles. The standard InChI is InChI=1S/C16H25NO2S/c1-11(17-15(18)19-16(2,3)4)9-13-10-12-7-5-6-8-14(12)20-13/h10-11H,5-9H2,1-4H3,(H,17,18). The highest BCUT2D eigenvalue weighted by Gasteiger charge is 2.19. The van der Waals surface area contributed by atoms with E-state index in [1.165, 1.54) is 36.1 Å². The molecule has 0 fully saturated rings. The number of carbonyl (C=O) groups is 1. The van der Waals surface area contributed by atoms with Crippen LogP contribution in [0.1, 0.15) is 55.9 Å². The quantitative estimate of drug-likeness (QED) is 0.912. The van der Waals surface area contributed by atoms with E-state index in [4.69, 9.17) is 4.74 Å². The van der Waals surface area contributed by atoms with Crippen LogP contribution in [0.2, 0.25) is 0 Å². The van der Waals surface area contributed by atoms with Gasteiger partial charge in [-0.15, -0.1) is 11.3 Å². The Labute approximate surface area is 125 Å². The molecule has 0 saturated heterocycles. The van der Waals surface area contributed by atoms with Crippen molar-refractivity contribution in [3.8, 4) is 0 Å². The zero-order valence-electron chi connectivity index (χ0n) is 12.9. The van der Waals surface area contributed by atoms with Crippen molar-refractivity contribution in [3.05, 3.63) is 21.4 Å². The third kappa shape index (κ3) is 4.51. The van der Waals surface area contributed by atoms with Gasteiger partial charge in [-0.2, -0.15) is 0 Å². The Morgan fingerprint density at radius 2 is 2.10 bits per heavy atom. The molecule has 1 aromatic rings. The van der Waals surface area contributed by atoms with E-state index < -0.39 is 5.60 Å². The monoisotopic (exact) mass is 295 g/mol. The second kappa shape index (κ2) is 6.17. The number of ether oxygens (including phenoxy) is 1. The predicted octanol–water partition coefficient (Wildman–Crippen LogP) is 4.08. The lowest BCUT2D eigenvalue weighted by Crippen LogP contribution is -2.38. The Morgan fingerprint density at radius 3 is 2.75 bits per heavy atom. The minimum absolute atomic E-state index is 0.102. The molecule has 1 N–H and O–H groups in total. The number of carbonyl (C=O) groups excluding carboxylic acids is 1. The van der Waals surface area contributed by atoms with Crippen LogP contribution in [-0.4, -0.2) is 17.7 Å². The van der Waals surface area contributed by atoms with Gasteiger partial charge in [0.25, 0.3) is 0 Å². The molecule has 112 valence electrons. The summed E-state index contributed by atoms with van der Waals surface area (Å²) in [6.45, 7) is 7.67. The molecule has 1 aliphatic carbocycles. The van der Waals surface area contributed by atoms with Crippen molar-refractivity contribution in [1.82, 2.24) is 5.32 Å². The summed E-state index contributed by atoms with van der Waals surface area (Å²) >= 11 is 1.91. The Balaban J connectivity index is 1.86. The summed E-state index contributed by atoms with van der Waals surface area (Å²) < 4.78 is 5.28. The van der Waals surface area contributed by atoms with Gasteiger partial charge < -0.3 is 10.1 Å². The van der Waals surface area contributed by atoms with Crippen LogP contribution in [0, 0.1) is 0 Å². The Morgan fingerprint density at radius 1 is 1.40 bits per heavy atom. The van der Waals surface area contributed by atoms with Crippen molar-refractivity contribution < 1.29 is 9.53 Å². The van der Waals surface area contributed by atoms with E-state index in [-0.39, 0.29) is 12.1 Å². The molecule has 2 rings (SSSR count). The van der Waals surface area contributed by atoms with Crippen LogP contribution in [0.25, 0.3) is 0 Å². The molecule has 0 saturated carbocycles. The minimum atomic E-state index is -0.439. The molecular weight excluding hydrogens is 270 g/mol. The van der Waals surface area contributed by atoms with Crippen LogP contribution in [0.15, 0.2) is 6.07 Å². The van der Waals surface area contributed by atoms with Crippen LogP contribution in [0.5, 0.6) is 0 Å². The van der Waals surface area contributed by atoms with Crippen LogP contribution in [0.3, 0.4) is 0 Å². The summed E-state index contributed by atoms with van der Waals surface area (Å²) in [7, 11) is 0. The van der Waals surface area contributed by atoms with Gasteiger partial charge >= 0.3 is 6.09 Å². The second-order valence-electron chi connectivity index (χ2n) is 6.62. The summed E-state index contributed by atoms with van der Waals surface area (Å²) in [5.41, 5.74) is 1.09. The number of hydrogen-bond donors (Lipinski definition) is 1. The van der Waals surface area contributed by atoms with Gasteiger partial charge in [-0.1, -0.05) is 0 Å². The van der Waals surface area contributed by atoms with E-state index in [0.717, 1.165) is 6.42 Å². The number of nitrogens with one attached hydrogen (secondary N) is 1. The average molecular weight is 295 g/mol. The number of hydrogen-bond acceptors (Lipinski definition) is 3. The third-order valence-corrected chi connectivity index (χ3v) is 4.58. The first-order valence-corrected chi connectivity index (χ1v) is 8.25. The third-order valence-electron chi connectivity index (χ3n) is 3.32. The first kappa shape index (κ1) is 15.4. The summed E-state index contributed by atoms with van der Waals surface area (Å²) in [6, 6.07) is 2.43. The topological polar surface area (TPSA) is 38.3 Å². The molecule has 0 bridgehead atoms. The molecule has 20 heavy (non-hydrogen) atoms. The van der Waals surface area contributed by atoms with Crippen molar-refractivity contribution in [2.45, 2.75) is 71.4 Å². The second-order valence-corrected chi connectivity index (χ2v) is 7.84. The Kier molecular flexibility index (Phi) is 4.74. The molecule has 1 unspecified atom stereocenters. The van der Waals surface area contributed by atoms with Crippen molar-refractivity contribution in [2.75, 3.05) is 0 Å². The zero-order chi connectivity index (χ0) is 14.8. The van der Waals surface area contributed by atoms with E-state index in [0.29, 0.717) is 0 Å². The molecule has 4 heteroatoms.